The molecular formula is C29H31F3N4O. The zero-order valence-electron chi connectivity index (χ0n) is 20.6. The van der Waals surface area contributed by atoms with E-state index >= 15 is 0 Å². The van der Waals surface area contributed by atoms with Gasteiger partial charge in [0.25, 0.3) is 0 Å². The summed E-state index contributed by atoms with van der Waals surface area (Å²) in [4.78, 5) is 20.3. The summed E-state index contributed by atoms with van der Waals surface area (Å²) < 4.78 is 38.5. The van der Waals surface area contributed by atoms with Crippen LogP contribution in [-0.2, 0) is 11.0 Å². The topological polar surface area (TPSA) is 57.3 Å². The maximum Gasteiger partial charge on any atom is 0.416 e. The summed E-state index contributed by atoms with van der Waals surface area (Å²) in [5.41, 5.74) is 1.83. The van der Waals surface area contributed by atoms with Gasteiger partial charge in [-0.3, -0.25) is 4.79 Å². The van der Waals surface area contributed by atoms with Gasteiger partial charge in [0.15, 0.2) is 0 Å². The molecule has 1 aliphatic carbocycles. The summed E-state index contributed by atoms with van der Waals surface area (Å²) in [5, 5.41) is 7.37. The van der Waals surface area contributed by atoms with Crippen molar-refractivity contribution >= 4 is 28.3 Å². The van der Waals surface area contributed by atoms with E-state index in [4.69, 9.17) is 4.98 Å². The van der Waals surface area contributed by atoms with Crippen LogP contribution in [0.25, 0.3) is 10.9 Å². The van der Waals surface area contributed by atoms with Gasteiger partial charge in [-0.15, -0.1) is 0 Å². The van der Waals surface area contributed by atoms with Crippen LogP contribution in [0.3, 0.4) is 0 Å². The molecule has 2 bridgehead atoms. The van der Waals surface area contributed by atoms with Gasteiger partial charge in [0.1, 0.15) is 5.82 Å². The first-order chi connectivity index (χ1) is 17.8. The number of hydrogen-bond acceptors (Lipinski definition) is 4. The fourth-order valence-electron chi connectivity index (χ4n) is 6.21. The van der Waals surface area contributed by atoms with E-state index in [0.29, 0.717) is 25.4 Å². The van der Waals surface area contributed by atoms with Gasteiger partial charge in [-0.05, 0) is 92.5 Å². The number of fused-ring (bicyclic) bond motifs is 4. The molecular weight excluding hydrogens is 477 g/mol. The van der Waals surface area contributed by atoms with Crippen LogP contribution in [0.1, 0.15) is 55.7 Å². The Kier molecular flexibility index (Phi) is 6.31. The van der Waals surface area contributed by atoms with E-state index < -0.39 is 11.7 Å². The van der Waals surface area contributed by atoms with E-state index in [1.165, 1.54) is 37.8 Å². The Bertz CT molecular complexity index is 1280. The molecule has 3 aromatic rings. The van der Waals surface area contributed by atoms with Crippen molar-refractivity contribution in [3.05, 3.63) is 65.7 Å². The van der Waals surface area contributed by atoms with Gasteiger partial charge >= 0.3 is 6.18 Å². The van der Waals surface area contributed by atoms with Crippen molar-refractivity contribution in [3.63, 3.8) is 0 Å². The Morgan fingerprint density at radius 3 is 2.38 bits per heavy atom. The monoisotopic (exact) mass is 508 g/mol. The number of carbonyl (C=O) groups excluding carboxylic acids is 1. The summed E-state index contributed by atoms with van der Waals surface area (Å²) in [5.74, 6) is 1.59. The van der Waals surface area contributed by atoms with Crippen molar-refractivity contribution in [2.24, 2.45) is 11.8 Å². The number of rotatable bonds is 4. The largest absolute Gasteiger partial charge is 0.416 e. The third-order valence-corrected chi connectivity index (χ3v) is 8.37. The SMILES string of the molecule is O=C(Nc1ccc2nc(N3CC4CCC3CC4)ccc2c1)[C@H]1CC[C@H](c2ccc(C(F)(F)F)cc2)NC1. The molecule has 3 aliphatic heterocycles. The van der Waals surface area contributed by atoms with Crippen molar-refractivity contribution in [1.82, 2.24) is 10.3 Å². The van der Waals surface area contributed by atoms with Crippen molar-refractivity contribution in [1.29, 1.82) is 0 Å². The van der Waals surface area contributed by atoms with Crippen molar-refractivity contribution in [3.8, 4) is 0 Å². The molecule has 2 atom stereocenters. The van der Waals surface area contributed by atoms with Crippen LogP contribution < -0.4 is 15.5 Å². The molecule has 37 heavy (non-hydrogen) atoms. The average molecular weight is 509 g/mol. The van der Waals surface area contributed by atoms with Crippen LogP contribution in [0.5, 0.6) is 0 Å². The number of halogens is 3. The van der Waals surface area contributed by atoms with E-state index in [1.54, 1.807) is 0 Å². The van der Waals surface area contributed by atoms with Crippen LogP contribution in [0.15, 0.2) is 54.6 Å². The van der Waals surface area contributed by atoms with Crippen LogP contribution in [0.4, 0.5) is 24.7 Å². The van der Waals surface area contributed by atoms with E-state index in [9.17, 15) is 18.0 Å². The number of benzene rings is 2. The minimum Gasteiger partial charge on any atom is -0.353 e. The molecule has 4 heterocycles. The highest BCUT2D eigenvalue weighted by molar-refractivity contribution is 5.95. The summed E-state index contributed by atoms with van der Waals surface area (Å²) >= 11 is 0. The molecule has 0 spiro atoms. The van der Waals surface area contributed by atoms with Crippen LogP contribution in [-0.4, -0.2) is 30.0 Å². The van der Waals surface area contributed by atoms with Crippen molar-refractivity contribution < 1.29 is 18.0 Å². The molecule has 2 aromatic carbocycles. The molecule has 8 heteroatoms. The lowest BCUT2D eigenvalue weighted by molar-refractivity contribution is -0.137. The molecule has 0 radical (unpaired) electrons. The van der Waals surface area contributed by atoms with Crippen molar-refractivity contribution in [2.75, 3.05) is 23.3 Å². The fourth-order valence-corrected chi connectivity index (χ4v) is 6.21. The normalized spacial score (nSPS) is 25.9. The Hall–Kier alpha value is -3.13. The summed E-state index contributed by atoms with van der Waals surface area (Å²) in [7, 11) is 0. The molecule has 5 nitrogen and oxygen atoms in total. The fraction of sp³-hybridized carbons (Fsp3) is 0.448. The number of pyridine rings is 1. The molecule has 4 aliphatic rings. The van der Waals surface area contributed by atoms with Crippen LogP contribution in [0.2, 0.25) is 0 Å². The molecule has 7 rings (SSSR count). The van der Waals surface area contributed by atoms with Gasteiger partial charge in [0.05, 0.1) is 17.0 Å². The number of amides is 1. The number of carbonyl (C=O) groups is 1. The van der Waals surface area contributed by atoms with E-state index in [0.717, 1.165) is 52.6 Å². The zero-order valence-corrected chi connectivity index (χ0v) is 20.6. The molecule has 1 amide bonds. The lowest BCUT2D eigenvalue weighted by atomic mass is 9.80. The van der Waals surface area contributed by atoms with E-state index in [-0.39, 0.29) is 17.9 Å². The Balaban J connectivity index is 1.06. The second-order valence-electron chi connectivity index (χ2n) is 10.7. The predicted molar refractivity (Wildman–Crippen MR) is 138 cm³/mol. The van der Waals surface area contributed by atoms with E-state index in [2.05, 4.69) is 27.7 Å². The highest BCUT2D eigenvalue weighted by Crippen LogP contribution is 2.38. The van der Waals surface area contributed by atoms with Gasteiger partial charge in [0, 0.05) is 36.2 Å². The standard InChI is InChI=1S/C29H31F3N4O/c30-29(31,32)22-7-3-19(4-8-22)25-12-5-21(16-33-25)28(37)34-23-9-13-26-20(15-23)6-14-27(35-26)36-17-18-1-10-24(36)11-2-18/h3-4,6-9,13-15,18,21,24-25,33H,1-2,5,10-12,16-17H2,(H,34,37)/t18?,21-,24?,25+/m0/s1. The van der Waals surface area contributed by atoms with E-state index in [1.807, 2.05) is 18.2 Å². The number of alkyl halides is 3. The van der Waals surface area contributed by atoms with Gasteiger partial charge < -0.3 is 15.5 Å². The van der Waals surface area contributed by atoms with Gasteiger partial charge in [-0.25, -0.2) is 4.98 Å². The first-order valence-corrected chi connectivity index (χ1v) is 13.2. The molecule has 194 valence electrons. The number of piperidine rings is 3. The second-order valence-corrected chi connectivity index (χ2v) is 10.7. The lowest BCUT2D eigenvalue weighted by Crippen LogP contribution is -2.48. The highest BCUT2D eigenvalue weighted by Gasteiger charge is 2.34. The lowest BCUT2D eigenvalue weighted by Gasteiger charge is -2.46. The quantitative estimate of drug-likeness (QED) is 0.434. The molecule has 0 unspecified atom stereocenters. The molecule has 3 saturated heterocycles. The summed E-state index contributed by atoms with van der Waals surface area (Å²) in [6, 6.07) is 15.8. The summed E-state index contributed by atoms with van der Waals surface area (Å²) in [6.07, 6.45) is 2.21. The van der Waals surface area contributed by atoms with Crippen LogP contribution in [0, 0.1) is 11.8 Å². The maximum atomic E-state index is 12.9. The first kappa shape index (κ1) is 24.2. The van der Waals surface area contributed by atoms with Crippen LogP contribution >= 0.6 is 0 Å². The second kappa shape index (κ2) is 9.63. The number of anilines is 2. The Labute approximate surface area is 214 Å². The predicted octanol–water partition coefficient (Wildman–Crippen LogP) is 6.31. The number of nitrogens with one attached hydrogen (secondary N) is 2. The third-order valence-electron chi connectivity index (χ3n) is 8.37. The highest BCUT2D eigenvalue weighted by atomic mass is 19.4. The van der Waals surface area contributed by atoms with Crippen molar-refractivity contribution in [2.45, 2.75) is 56.8 Å². The molecule has 1 aromatic heterocycles. The Morgan fingerprint density at radius 1 is 0.946 bits per heavy atom. The third kappa shape index (κ3) is 5.04. The Morgan fingerprint density at radius 2 is 1.73 bits per heavy atom. The maximum absolute atomic E-state index is 12.9. The van der Waals surface area contributed by atoms with Gasteiger partial charge in [0.2, 0.25) is 5.91 Å². The number of nitrogens with zero attached hydrogens (tertiary/aromatic N) is 2. The van der Waals surface area contributed by atoms with Gasteiger partial charge in [-0.2, -0.15) is 13.2 Å². The summed E-state index contributed by atoms with van der Waals surface area (Å²) in [6.45, 7) is 1.58. The molecule has 4 fully saturated rings. The smallest absolute Gasteiger partial charge is 0.353 e. The minimum atomic E-state index is -4.34. The average Bonchev–Trinajstić information content (AvgIpc) is 2.93. The first-order valence-electron chi connectivity index (χ1n) is 13.2. The molecule has 2 N–H and O–H groups in total. The van der Waals surface area contributed by atoms with Gasteiger partial charge in [-0.1, -0.05) is 12.1 Å². The zero-order chi connectivity index (χ0) is 25.6. The number of aromatic nitrogens is 1. The minimum absolute atomic E-state index is 0.0494. The molecule has 1 saturated carbocycles. The number of hydrogen-bond donors (Lipinski definition) is 2.